The molecular formula is C26H32N4O2S. The second-order valence-electron chi connectivity index (χ2n) is 8.94. The molecule has 7 heteroatoms. The number of hydrogen-bond acceptors (Lipinski definition) is 5. The van der Waals surface area contributed by atoms with Crippen LogP contribution in [-0.4, -0.2) is 51.5 Å². The molecule has 1 aliphatic rings. The summed E-state index contributed by atoms with van der Waals surface area (Å²) in [7, 11) is 1.66. The van der Waals surface area contributed by atoms with Crippen LogP contribution in [0.3, 0.4) is 0 Å². The Morgan fingerprint density at radius 2 is 1.79 bits per heavy atom. The zero-order chi connectivity index (χ0) is 23.4. The highest BCUT2D eigenvalue weighted by Crippen LogP contribution is 2.33. The van der Waals surface area contributed by atoms with Gasteiger partial charge >= 0.3 is 0 Å². The number of carbonyl (C=O) groups excluding carboxylic acids is 1. The first-order valence-electron chi connectivity index (χ1n) is 11.6. The van der Waals surface area contributed by atoms with Gasteiger partial charge in [0.2, 0.25) is 5.91 Å². The molecule has 0 bridgehead atoms. The molecule has 0 N–H and O–H groups in total. The zero-order valence-corrected chi connectivity index (χ0v) is 20.6. The molecule has 1 saturated heterocycles. The largest absolute Gasteiger partial charge is 0.497 e. The number of nitrogens with zero attached hydrogens (tertiary/aromatic N) is 4. The first-order valence-corrected chi connectivity index (χ1v) is 12.6. The fraction of sp³-hybridized carbons (Fsp3) is 0.423. The molecule has 33 heavy (non-hydrogen) atoms. The van der Waals surface area contributed by atoms with Crippen molar-refractivity contribution >= 4 is 17.7 Å². The number of amides is 1. The lowest BCUT2D eigenvalue weighted by atomic mass is 9.99. The quantitative estimate of drug-likeness (QED) is 0.437. The molecule has 0 atom stereocenters. The van der Waals surface area contributed by atoms with Crippen LogP contribution in [0.15, 0.2) is 53.7 Å². The Morgan fingerprint density at radius 1 is 1.09 bits per heavy atom. The Morgan fingerprint density at radius 3 is 2.45 bits per heavy atom. The number of aromatic nitrogens is 3. The number of carbonyl (C=O) groups is 1. The standard InChI is InChI=1S/C26H32N4O2S/c1-18(2)22-7-5-6-8-23(22)30-25(20-9-11-21(32-4)12-10-20)27-28-26(30)33-17-24(31)29-15-13-19(3)14-16-29/h5-12,18-19H,13-17H2,1-4H3. The van der Waals surface area contributed by atoms with Crippen LogP contribution in [0.1, 0.15) is 45.1 Å². The Kier molecular flexibility index (Phi) is 7.38. The van der Waals surface area contributed by atoms with Gasteiger partial charge in [-0.05, 0) is 60.6 Å². The molecule has 0 unspecified atom stereocenters. The molecular weight excluding hydrogens is 432 g/mol. The van der Waals surface area contributed by atoms with Crippen LogP contribution < -0.4 is 4.74 Å². The molecule has 4 rings (SSSR count). The molecule has 6 nitrogen and oxygen atoms in total. The number of piperidine rings is 1. The highest BCUT2D eigenvalue weighted by Gasteiger charge is 2.23. The predicted octanol–water partition coefficient (Wildman–Crippen LogP) is 5.42. The number of benzene rings is 2. The first-order chi connectivity index (χ1) is 16.0. The van der Waals surface area contributed by atoms with Crippen LogP contribution in [0.4, 0.5) is 0 Å². The lowest BCUT2D eigenvalue weighted by Crippen LogP contribution is -2.38. The van der Waals surface area contributed by atoms with Gasteiger partial charge < -0.3 is 9.64 Å². The molecule has 1 fully saturated rings. The average Bonchev–Trinajstić information content (AvgIpc) is 3.26. The van der Waals surface area contributed by atoms with Crippen LogP contribution in [0.5, 0.6) is 5.75 Å². The third-order valence-electron chi connectivity index (χ3n) is 6.24. The maximum Gasteiger partial charge on any atom is 0.233 e. The summed E-state index contributed by atoms with van der Waals surface area (Å²) < 4.78 is 7.41. The van der Waals surface area contributed by atoms with Gasteiger partial charge in [0.1, 0.15) is 5.75 Å². The third kappa shape index (κ3) is 5.24. The van der Waals surface area contributed by atoms with Gasteiger partial charge in [0, 0.05) is 18.7 Å². The van der Waals surface area contributed by atoms with Gasteiger partial charge in [-0.15, -0.1) is 10.2 Å². The molecule has 0 spiro atoms. The third-order valence-corrected chi connectivity index (χ3v) is 7.16. The summed E-state index contributed by atoms with van der Waals surface area (Å²) in [6.45, 7) is 8.32. The summed E-state index contributed by atoms with van der Waals surface area (Å²) in [6, 6.07) is 16.2. The van der Waals surface area contributed by atoms with E-state index in [0.717, 1.165) is 53.9 Å². The van der Waals surface area contributed by atoms with Gasteiger partial charge in [-0.2, -0.15) is 0 Å². The SMILES string of the molecule is COc1ccc(-c2nnc(SCC(=O)N3CCC(C)CC3)n2-c2ccccc2C(C)C)cc1. The highest BCUT2D eigenvalue weighted by molar-refractivity contribution is 7.99. The second-order valence-corrected chi connectivity index (χ2v) is 9.88. The van der Waals surface area contributed by atoms with Crippen LogP contribution >= 0.6 is 11.8 Å². The molecule has 3 aromatic rings. The molecule has 1 aromatic heterocycles. The monoisotopic (exact) mass is 464 g/mol. The second kappa shape index (κ2) is 10.4. The minimum Gasteiger partial charge on any atom is -0.497 e. The van der Waals surface area contributed by atoms with Crippen molar-refractivity contribution in [2.24, 2.45) is 5.92 Å². The van der Waals surface area contributed by atoms with Crippen molar-refractivity contribution in [3.05, 3.63) is 54.1 Å². The topological polar surface area (TPSA) is 60.3 Å². The van der Waals surface area contributed by atoms with E-state index in [1.54, 1.807) is 7.11 Å². The molecule has 1 amide bonds. The Bertz CT molecular complexity index is 1090. The maximum atomic E-state index is 12.9. The van der Waals surface area contributed by atoms with Crippen molar-refractivity contribution in [3.63, 3.8) is 0 Å². The van der Waals surface area contributed by atoms with Crippen LogP contribution in [0.2, 0.25) is 0 Å². The predicted molar refractivity (Wildman–Crippen MR) is 133 cm³/mol. The lowest BCUT2D eigenvalue weighted by Gasteiger charge is -2.30. The van der Waals surface area contributed by atoms with Crippen molar-refractivity contribution in [2.45, 2.75) is 44.7 Å². The van der Waals surface area contributed by atoms with Gasteiger partial charge in [0.25, 0.3) is 0 Å². The maximum absolute atomic E-state index is 12.9. The van der Waals surface area contributed by atoms with Gasteiger partial charge in [0.05, 0.1) is 18.6 Å². The minimum absolute atomic E-state index is 0.171. The number of methoxy groups -OCH3 is 1. The molecule has 0 saturated carbocycles. The van der Waals surface area contributed by atoms with E-state index in [0.29, 0.717) is 17.6 Å². The number of likely N-dealkylation sites (tertiary alicyclic amines) is 1. The smallest absolute Gasteiger partial charge is 0.233 e. The summed E-state index contributed by atoms with van der Waals surface area (Å²) >= 11 is 1.46. The van der Waals surface area contributed by atoms with Gasteiger partial charge in [-0.25, -0.2) is 0 Å². The normalized spacial score (nSPS) is 14.6. The highest BCUT2D eigenvalue weighted by atomic mass is 32.2. The number of para-hydroxylation sites is 1. The number of hydrogen-bond donors (Lipinski definition) is 0. The van der Waals surface area contributed by atoms with E-state index >= 15 is 0 Å². The van der Waals surface area contributed by atoms with Crippen LogP contribution in [-0.2, 0) is 4.79 Å². The number of ether oxygens (including phenoxy) is 1. The van der Waals surface area contributed by atoms with E-state index in [9.17, 15) is 4.79 Å². The number of rotatable bonds is 7. The Hall–Kier alpha value is -2.80. The first kappa shape index (κ1) is 23.4. The molecule has 1 aliphatic heterocycles. The Labute approximate surface area is 200 Å². The van der Waals surface area contributed by atoms with Crippen molar-refractivity contribution < 1.29 is 9.53 Å². The van der Waals surface area contributed by atoms with E-state index in [1.807, 2.05) is 35.2 Å². The van der Waals surface area contributed by atoms with E-state index < -0.39 is 0 Å². The lowest BCUT2D eigenvalue weighted by molar-refractivity contribution is -0.129. The van der Waals surface area contributed by atoms with Crippen molar-refractivity contribution in [1.82, 2.24) is 19.7 Å². The van der Waals surface area contributed by atoms with Gasteiger partial charge in [-0.1, -0.05) is 50.7 Å². The van der Waals surface area contributed by atoms with Crippen LogP contribution in [0, 0.1) is 5.92 Å². The van der Waals surface area contributed by atoms with Crippen molar-refractivity contribution in [3.8, 4) is 22.8 Å². The van der Waals surface area contributed by atoms with Crippen molar-refractivity contribution in [1.29, 1.82) is 0 Å². The molecule has 0 aliphatic carbocycles. The van der Waals surface area contributed by atoms with Crippen molar-refractivity contribution in [2.75, 3.05) is 26.0 Å². The summed E-state index contributed by atoms with van der Waals surface area (Å²) in [6.07, 6.45) is 2.16. The summed E-state index contributed by atoms with van der Waals surface area (Å²) in [5.41, 5.74) is 3.21. The fourth-order valence-electron chi connectivity index (χ4n) is 4.16. The summed E-state index contributed by atoms with van der Waals surface area (Å²) in [5, 5.41) is 9.79. The molecule has 174 valence electrons. The number of thioether (sulfide) groups is 1. The Balaban J connectivity index is 1.67. The van der Waals surface area contributed by atoms with E-state index in [1.165, 1.54) is 17.3 Å². The van der Waals surface area contributed by atoms with E-state index in [2.05, 4.69) is 53.7 Å². The van der Waals surface area contributed by atoms with Gasteiger partial charge in [-0.3, -0.25) is 9.36 Å². The molecule has 2 heterocycles. The summed E-state index contributed by atoms with van der Waals surface area (Å²) in [5.74, 6) is 3.12. The fourth-order valence-corrected chi connectivity index (χ4v) is 5.01. The molecule has 2 aromatic carbocycles. The van der Waals surface area contributed by atoms with E-state index in [-0.39, 0.29) is 5.91 Å². The average molecular weight is 465 g/mol. The van der Waals surface area contributed by atoms with E-state index in [4.69, 9.17) is 4.74 Å². The minimum atomic E-state index is 0.171. The van der Waals surface area contributed by atoms with Crippen LogP contribution in [0.25, 0.3) is 17.1 Å². The van der Waals surface area contributed by atoms with Gasteiger partial charge in [0.15, 0.2) is 11.0 Å². The summed E-state index contributed by atoms with van der Waals surface area (Å²) in [4.78, 5) is 14.9. The zero-order valence-electron chi connectivity index (χ0n) is 19.8. The molecule has 0 radical (unpaired) electrons.